The Bertz CT molecular complexity index is 799. The molecule has 3 heteroatoms. The monoisotopic (exact) mass is 678 g/mol. The van der Waals surface area contributed by atoms with E-state index in [2.05, 4.69) is 127 Å². The molecule has 0 aromatic carbocycles. The van der Waals surface area contributed by atoms with E-state index in [0.717, 1.165) is 12.8 Å². The van der Waals surface area contributed by atoms with Crippen LogP contribution >= 0.6 is 0 Å². The fraction of sp³-hybridized carbons (Fsp3) is 0.765. The first-order chi connectivity index (χ1) is 16.8. The molecule has 0 aromatic rings. The summed E-state index contributed by atoms with van der Waals surface area (Å²) in [5.74, 6) is 0. The molecule has 0 atom stereocenters. The molecule has 0 heterocycles. The normalized spacial score (nSPS) is 17.9. The third kappa shape index (κ3) is 7.10. The van der Waals surface area contributed by atoms with Gasteiger partial charge in [0.25, 0.3) is 0 Å². The molecule has 0 fully saturated rings. The Labute approximate surface area is 237 Å². The average molecular weight is 677 g/mol. The van der Waals surface area contributed by atoms with Crippen LogP contribution in [-0.4, -0.2) is 27.9 Å². The summed E-state index contributed by atoms with van der Waals surface area (Å²) in [5.41, 5.74) is 3.54. The number of allylic oxidation sites excluding steroid dienone is 8. The number of hydrogen-bond acceptors (Lipinski definition) is 2. The van der Waals surface area contributed by atoms with Crippen molar-refractivity contribution in [3.63, 3.8) is 0 Å². The van der Waals surface area contributed by atoms with Crippen LogP contribution in [0.25, 0.3) is 0 Å². The van der Waals surface area contributed by atoms with Crippen LogP contribution in [0.15, 0.2) is 42.1 Å². The van der Waals surface area contributed by atoms with Crippen LogP contribution in [0.5, 0.6) is 0 Å². The molecule has 2 aliphatic rings. The van der Waals surface area contributed by atoms with Gasteiger partial charge in [0.05, 0.1) is 0 Å². The van der Waals surface area contributed by atoms with Gasteiger partial charge in [-0.3, -0.25) is 0 Å². The van der Waals surface area contributed by atoms with E-state index in [4.69, 9.17) is 0 Å². The minimum absolute atomic E-state index is 0.0471. The average Bonchev–Trinajstić information content (AvgIpc) is 3.35. The van der Waals surface area contributed by atoms with E-state index in [9.17, 15) is 0 Å². The van der Waals surface area contributed by atoms with Gasteiger partial charge in [-0.1, -0.05) is 0 Å². The van der Waals surface area contributed by atoms with E-state index >= 15 is 0 Å². The van der Waals surface area contributed by atoms with E-state index in [1.165, 1.54) is 38.5 Å². The number of unbranched alkanes of at least 4 members (excludes halogenated alkanes) is 2. The Kier molecular flexibility index (Phi) is 10.8. The van der Waals surface area contributed by atoms with E-state index in [1.54, 1.807) is 11.1 Å². The number of nitrogens with zero attached hydrogens (tertiary/aromatic N) is 2. The van der Waals surface area contributed by atoms with Gasteiger partial charge in [-0.25, -0.2) is 0 Å². The third-order valence-electron chi connectivity index (χ3n) is 7.83. The summed E-state index contributed by atoms with van der Waals surface area (Å²) >= 11 is -4.05. The molecule has 2 nitrogen and oxygen atoms in total. The molecule has 0 N–H and O–H groups in total. The molecule has 0 amide bonds. The molecule has 2 rings (SSSR count). The van der Waals surface area contributed by atoms with Crippen LogP contribution in [0.2, 0.25) is 0 Å². The molecule has 212 valence electrons. The zero-order chi connectivity index (χ0) is 28.4. The molecule has 0 aromatic heterocycles. The zero-order valence-corrected chi connectivity index (χ0v) is 31.0. The fourth-order valence-corrected chi connectivity index (χ4v) is 35.3. The maximum atomic E-state index is 3.14. The summed E-state index contributed by atoms with van der Waals surface area (Å²) in [5, 5.41) is 0. The second-order valence-corrected chi connectivity index (χ2v) is 27.8. The van der Waals surface area contributed by atoms with Crippen molar-refractivity contribution in [3.8, 4) is 0 Å². The predicted octanol–water partition coefficient (Wildman–Crippen LogP) is 10.6. The molecular formula is C34H62HfN2. The number of rotatable bonds is 10. The molecule has 0 aliphatic heterocycles. The Morgan fingerprint density at radius 1 is 0.568 bits per heavy atom. The molecule has 0 spiro atoms. The third-order valence-corrected chi connectivity index (χ3v) is 31.9. The van der Waals surface area contributed by atoms with Gasteiger partial charge in [0, 0.05) is 0 Å². The number of hydrogen-bond donors (Lipinski definition) is 0. The summed E-state index contributed by atoms with van der Waals surface area (Å²) in [6.07, 6.45) is 19.9. The molecule has 0 bridgehead atoms. The van der Waals surface area contributed by atoms with Crippen LogP contribution in [0.3, 0.4) is 0 Å². The summed E-state index contributed by atoms with van der Waals surface area (Å²) in [4.78, 5) is 0. The van der Waals surface area contributed by atoms with E-state index in [-0.39, 0.29) is 22.2 Å². The van der Waals surface area contributed by atoms with E-state index in [0.29, 0.717) is 0 Å². The van der Waals surface area contributed by atoms with Gasteiger partial charge in [0.2, 0.25) is 0 Å². The summed E-state index contributed by atoms with van der Waals surface area (Å²) in [6.45, 7) is 34.7. The Morgan fingerprint density at radius 2 is 0.865 bits per heavy atom. The van der Waals surface area contributed by atoms with Crippen molar-refractivity contribution in [1.29, 1.82) is 0 Å². The first kappa shape index (κ1) is 33.0. The van der Waals surface area contributed by atoms with Gasteiger partial charge < -0.3 is 0 Å². The quantitative estimate of drug-likeness (QED) is 0.213. The predicted molar refractivity (Wildman–Crippen MR) is 163 cm³/mol. The Morgan fingerprint density at radius 3 is 1.11 bits per heavy atom. The van der Waals surface area contributed by atoms with Gasteiger partial charge >= 0.3 is 239 Å². The van der Waals surface area contributed by atoms with Crippen LogP contribution in [0.1, 0.15) is 148 Å². The maximum absolute atomic E-state index is 4.05. The SMILES string of the molecule is CCCCC1=[C]([Hf]([C]2=C(CCCC)C=CC2)([N](C(C)(C)C)C(C)(C)C)[N](C(C)(C)C)C(C)(C)C)CC=C1. The van der Waals surface area contributed by atoms with Gasteiger partial charge in [0.15, 0.2) is 0 Å². The summed E-state index contributed by atoms with van der Waals surface area (Å²) in [6, 6.07) is 0. The first-order valence-corrected chi connectivity index (χ1v) is 22.0. The topological polar surface area (TPSA) is 6.48 Å². The molecule has 0 unspecified atom stereocenters. The molecule has 0 saturated carbocycles. The second-order valence-electron chi connectivity index (χ2n) is 15.5. The van der Waals surface area contributed by atoms with Crippen LogP contribution < -0.4 is 0 Å². The van der Waals surface area contributed by atoms with Crippen molar-refractivity contribution in [2.24, 2.45) is 0 Å². The molecule has 2 aliphatic carbocycles. The van der Waals surface area contributed by atoms with Gasteiger partial charge in [-0.05, 0) is 0 Å². The van der Waals surface area contributed by atoms with Crippen LogP contribution in [-0.2, 0) is 20.5 Å². The fourth-order valence-electron chi connectivity index (χ4n) is 7.81. The van der Waals surface area contributed by atoms with E-state index in [1.807, 2.05) is 6.66 Å². The van der Waals surface area contributed by atoms with Crippen molar-refractivity contribution < 1.29 is 20.5 Å². The van der Waals surface area contributed by atoms with Crippen molar-refractivity contribution in [3.05, 3.63) is 42.1 Å². The first-order valence-electron chi connectivity index (χ1n) is 15.2. The van der Waals surface area contributed by atoms with Crippen LogP contribution in [0.4, 0.5) is 0 Å². The minimum atomic E-state index is -4.05. The molecule has 0 saturated heterocycles. The Hall–Kier alpha value is -0.250. The van der Waals surface area contributed by atoms with Crippen molar-refractivity contribution in [1.82, 2.24) is 5.78 Å². The van der Waals surface area contributed by atoms with Crippen LogP contribution in [0, 0.1) is 0 Å². The van der Waals surface area contributed by atoms with Gasteiger partial charge in [-0.15, -0.1) is 0 Å². The van der Waals surface area contributed by atoms with Crippen molar-refractivity contribution >= 4 is 0 Å². The zero-order valence-electron chi connectivity index (χ0n) is 27.4. The molecular weight excluding hydrogens is 615 g/mol. The van der Waals surface area contributed by atoms with E-state index < -0.39 is 20.5 Å². The standard InChI is InChI=1S/2C9H13.2C8H18N.Hf/c2*1-2-3-6-9-7-4-5-8-9;2*1-7(2,3)9-8(4,5)6;/h2*4,7H,2-3,5-6H2,1H3;2*1-6H3;/q;;2*-1;+2. The van der Waals surface area contributed by atoms with Crippen molar-refractivity contribution in [2.45, 2.75) is 170 Å². The van der Waals surface area contributed by atoms with Crippen molar-refractivity contribution in [2.75, 3.05) is 0 Å². The van der Waals surface area contributed by atoms with Gasteiger partial charge in [0.1, 0.15) is 0 Å². The Balaban J connectivity index is 3.23. The summed E-state index contributed by atoms with van der Waals surface area (Å²) in [7, 11) is 0. The van der Waals surface area contributed by atoms with Gasteiger partial charge in [-0.2, -0.15) is 0 Å². The molecule has 0 radical (unpaired) electrons. The summed E-state index contributed by atoms with van der Waals surface area (Å²) < 4.78 is 9.99. The second kappa shape index (κ2) is 12.1. The molecule has 37 heavy (non-hydrogen) atoms.